The Balaban J connectivity index is 1.04. The van der Waals surface area contributed by atoms with E-state index in [0.29, 0.717) is 19.0 Å². The predicted octanol–water partition coefficient (Wildman–Crippen LogP) is 11.1. The largest absolute Gasteiger partial charge is 0.370 e. The van der Waals surface area contributed by atoms with Crippen LogP contribution in [0.15, 0.2) is 170 Å². The molecular formula is C52H50N6O. The molecule has 6 aromatic carbocycles. The molecule has 2 aromatic heterocycles. The lowest BCUT2D eigenvalue weighted by atomic mass is 9.77. The molecule has 8 aromatic rings. The van der Waals surface area contributed by atoms with Crippen molar-refractivity contribution in [3.05, 3.63) is 215 Å². The van der Waals surface area contributed by atoms with Gasteiger partial charge in [0.05, 0.1) is 24.6 Å². The number of hydrogen-bond acceptors (Lipinski definition) is 5. The van der Waals surface area contributed by atoms with E-state index in [9.17, 15) is 0 Å². The van der Waals surface area contributed by atoms with Gasteiger partial charge in [-0.3, -0.25) is 4.68 Å². The van der Waals surface area contributed by atoms with E-state index >= 15 is 0 Å². The van der Waals surface area contributed by atoms with Crippen LogP contribution < -0.4 is 0 Å². The van der Waals surface area contributed by atoms with Gasteiger partial charge >= 0.3 is 0 Å². The normalized spacial score (nSPS) is 12.8. The number of aromatic nitrogens is 6. The maximum absolute atomic E-state index is 6.40. The second-order valence-corrected chi connectivity index (χ2v) is 15.7. The highest BCUT2D eigenvalue weighted by Crippen LogP contribution is 2.41. The van der Waals surface area contributed by atoms with Crippen molar-refractivity contribution in [3.8, 4) is 22.5 Å². The summed E-state index contributed by atoms with van der Waals surface area (Å²) in [5, 5.41) is 20.1. The minimum atomic E-state index is -0.848. The number of rotatable bonds is 17. The predicted molar refractivity (Wildman–Crippen MR) is 235 cm³/mol. The first-order chi connectivity index (χ1) is 29.2. The lowest BCUT2D eigenvalue weighted by Crippen LogP contribution is -2.39. The number of tetrazole rings is 1. The Morgan fingerprint density at radius 2 is 1.19 bits per heavy atom. The molecule has 0 N–H and O–H groups in total. The van der Waals surface area contributed by atoms with Gasteiger partial charge in [-0.25, -0.2) is 0 Å². The van der Waals surface area contributed by atoms with Crippen molar-refractivity contribution in [1.29, 1.82) is 0 Å². The third kappa shape index (κ3) is 8.16. The summed E-state index contributed by atoms with van der Waals surface area (Å²) in [5.74, 6) is 1.29. The summed E-state index contributed by atoms with van der Waals surface area (Å²) in [6.45, 7) is 4.36. The van der Waals surface area contributed by atoms with E-state index in [4.69, 9.17) is 25.2 Å². The topological polar surface area (TPSA) is 70.7 Å². The van der Waals surface area contributed by atoms with Crippen molar-refractivity contribution in [2.24, 2.45) is 5.92 Å². The average molecular weight is 775 g/mol. The fourth-order valence-corrected chi connectivity index (χ4v) is 8.32. The molecule has 9 rings (SSSR count). The lowest BCUT2D eigenvalue weighted by molar-refractivity contribution is 0.100. The Hall–Kier alpha value is -6.44. The third-order valence-electron chi connectivity index (χ3n) is 11.6. The van der Waals surface area contributed by atoms with Crippen molar-refractivity contribution >= 4 is 0 Å². The van der Waals surface area contributed by atoms with E-state index in [1.165, 1.54) is 40.9 Å². The number of hydrogen-bond donors (Lipinski definition) is 0. The highest BCUT2D eigenvalue weighted by atomic mass is 16.5. The molecule has 0 radical (unpaired) electrons. The van der Waals surface area contributed by atoms with Crippen LogP contribution in [0.4, 0.5) is 0 Å². The SMILES string of the molecule is CCCCc1nn(CC2CC2)c(COCc2ccccc2)c1Cc1ccc(-c2ccccc2-c2nnn(C(c3ccccc3)(c3ccccc3)c3ccccc3)n2)cc1. The zero-order chi connectivity index (χ0) is 39.9. The number of aryl methyl sites for hydroxylation is 1. The first-order valence-corrected chi connectivity index (χ1v) is 21.1. The summed E-state index contributed by atoms with van der Waals surface area (Å²) in [7, 11) is 0. The van der Waals surface area contributed by atoms with Crippen LogP contribution in [0.2, 0.25) is 0 Å². The second kappa shape index (κ2) is 17.6. The van der Waals surface area contributed by atoms with E-state index in [1.54, 1.807) is 4.80 Å². The molecular weight excluding hydrogens is 725 g/mol. The van der Waals surface area contributed by atoms with Gasteiger partial charge in [0.15, 0.2) is 5.54 Å². The molecule has 0 amide bonds. The Bertz CT molecular complexity index is 2470. The molecule has 0 unspecified atom stereocenters. The molecule has 59 heavy (non-hydrogen) atoms. The molecule has 1 aliphatic rings. The summed E-state index contributed by atoms with van der Waals surface area (Å²) in [4.78, 5) is 1.79. The Morgan fingerprint density at radius 3 is 1.78 bits per heavy atom. The van der Waals surface area contributed by atoms with Gasteiger partial charge in [0, 0.05) is 24.1 Å². The second-order valence-electron chi connectivity index (χ2n) is 15.7. The zero-order valence-electron chi connectivity index (χ0n) is 33.7. The van der Waals surface area contributed by atoms with E-state index in [2.05, 4.69) is 151 Å². The minimum absolute atomic E-state index is 0.551. The van der Waals surface area contributed by atoms with Crippen molar-refractivity contribution < 1.29 is 4.74 Å². The van der Waals surface area contributed by atoms with E-state index in [1.807, 2.05) is 30.3 Å². The quantitative estimate of drug-likeness (QED) is 0.0862. The summed E-state index contributed by atoms with van der Waals surface area (Å²) in [6, 6.07) is 59.2. The summed E-state index contributed by atoms with van der Waals surface area (Å²) < 4.78 is 8.67. The van der Waals surface area contributed by atoms with Gasteiger partial charge in [-0.15, -0.1) is 15.0 Å². The first kappa shape index (κ1) is 38.1. The smallest absolute Gasteiger partial charge is 0.205 e. The maximum atomic E-state index is 6.40. The summed E-state index contributed by atoms with van der Waals surface area (Å²) >= 11 is 0. The molecule has 2 heterocycles. The zero-order valence-corrected chi connectivity index (χ0v) is 33.7. The van der Waals surface area contributed by atoms with Gasteiger partial charge in [-0.05, 0) is 75.8 Å². The molecule has 0 aliphatic heterocycles. The molecule has 1 aliphatic carbocycles. The van der Waals surface area contributed by atoms with E-state index in [0.717, 1.165) is 71.5 Å². The fourth-order valence-electron chi connectivity index (χ4n) is 8.32. The highest BCUT2D eigenvalue weighted by Gasteiger charge is 2.41. The Kier molecular flexibility index (Phi) is 11.4. The molecule has 0 saturated heterocycles. The van der Waals surface area contributed by atoms with Crippen LogP contribution in [0.1, 0.15) is 77.4 Å². The number of nitrogens with zero attached hydrogens (tertiary/aromatic N) is 6. The Morgan fingerprint density at radius 1 is 0.610 bits per heavy atom. The maximum Gasteiger partial charge on any atom is 0.205 e. The van der Waals surface area contributed by atoms with Crippen molar-refractivity contribution in [2.45, 2.75) is 70.7 Å². The number of unbranched alkanes of at least 4 members (excludes halogenated alkanes) is 1. The van der Waals surface area contributed by atoms with Gasteiger partial charge in [0.25, 0.3) is 0 Å². The van der Waals surface area contributed by atoms with Gasteiger partial charge in [0.1, 0.15) is 0 Å². The van der Waals surface area contributed by atoms with Gasteiger partial charge in [-0.1, -0.05) is 183 Å². The molecule has 0 atom stereocenters. The highest BCUT2D eigenvalue weighted by molar-refractivity contribution is 5.80. The lowest BCUT2D eigenvalue weighted by Gasteiger charge is -2.34. The van der Waals surface area contributed by atoms with Gasteiger partial charge < -0.3 is 4.74 Å². The van der Waals surface area contributed by atoms with Crippen LogP contribution in [0.25, 0.3) is 22.5 Å². The van der Waals surface area contributed by atoms with Gasteiger partial charge in [-0.2, -0.15) is 5.10 Å². The fraction of sp³-hybridized carbons (Fsp3) is 0.231. The minimum Gasteiger partial charge on any atom is -0.370 e. The van der Waals surface area contributed by atoms with Crippen LogP contribution >= 0.6 is 0 Å². The van der Waals surface area contributed by atoms with Crippen LogP contribution in [0.5, 0.6) is 0 Å². The standard InChI is InChI=1S/C52H50N6O/c1-2-3-28-49-48(50(57(54-49)36-40-29-30-40)38-59-37-41-18-8-4-9-19-41)35-39-31-33-42(34-32-39)46-26-16-17-27-47(46)51-53-56-58(55-51)52(43-20-10-5-11-21-43,44-22-12-6-13-23-44)45-24-14-7-15-25-45/h4-27,31-34,40H,2-3,28-30,35-38H2,1H3. The average Bonchev–Trinajstić information content (AvgIpc) is 3.89. The van der Waals surface area contributed by atoms with Crippen LogP contribution in [0, 0.1) is 5.92 Å². The first-order valence-electron chi connectivity index (χ1n) is 21.1. The van der Waals surface area contributed by atoms with Crippen molar-refractivity contribution in [3.63, 3.8) is 0 Å². The Labute approximate surface area is 347 Å². The monoisotopic (exact) mass is 774 g/mol. The number of ether oxygens (including phenoxy) is 1. The summed E-state index contributed by atoms with van der Waals surface area (Å²) in [5.41, 5.74) is 11.6. The van der Waals surface area contributed by atoms with E-state index in [-0.39, 0.29) is 0 Å². The molecule has 294 valence electrons. The van der Waals surface area contributed by atoms with Crippen molar-refractivity contribution in [2.75, 3.05) is 0 Å². The molecule has 0 spiro atoms. The summed E-state index contributed by atoms with van der Waals surface area (Å²) in [6.07, 6.45) is 6.62. The van der Waals surface area contributed by atoms with Crippen LogP contribution in [-0.4, -0.2) is 30.0 Å². The molecule has 7 nitrogen and oxygen atoms in total. The van der Waals surface area contributed by atoms with Gasteiger partial charge in [0.2, 0.25) is 5.82 Å². The van der Waals surface area contributed by atoms with Crippen molar-refractivity contribution in [1.82, 2.24) is 30.0 Å². The third-order valence-corrected chi connectivity index (χ3v) is 11.6. The number of benzene rings is 6. The van der Waals surface area contributed by atoms with Crippen LogP contribution in [-0.2, 0) is 42.9 Å². The van der Waals surface area contributed by atoms with E-state index < -0.39 is 5.54 Å². The molecule has 1 saturated carbocycles. The molecule has 7 heteroatoms. The van der Waals surface area contributed by atoms with Crippen LogP contribution in [0.3, 0.4) is 0 Å². The molecule has 0 bridgehead atoms. The molecule has 1 fully saturated rings.